The summed E-state index contributed by atoms with van der Waals surface area (Å²) in [5.74, 6) is 0.776. The van der Waals surface area contributed by atoms with E-state index in [9.17, 15) is 9.59 Å². The van der Waals surface area contributed by atoms with E-state index in [0.29, 0.717) is 26.1 Å². The van der Waals surface area contributed by atoms with E-state index in [4.69, 9.17) is 4.74 Å². The average molecular weight is 290 g/mol. The van der Waals surface area contributed by atoms with Gasteiger partial charge in [0.05, 0.1) is 19.6 Å². The second-order valence-electron chi connectivity index (χ2n) is 5.08. The molecule has 0 unspecified atom stereocenters. The van der Waals surface area contributed by atoms with Crippen LogP contribution in [0, 0.1) is 0 Å². The molecule has 0 saturated carbocycles. The highest BCUT2D eigenvalue weighted by Crippen LogP contribution is 2.26. The number of benzene rings is 1. The van der Waals surface area contributed by atoms with E-state index < -0.39 is 0 Å². The molecule has 0 atom stereocenters. The molecule has 0 bridgehead atoms. The first-order chi connectivity index (χ1) is 10.1. The van der Waals surface area contributed by atoms with E-state index >= 15 is 0 Å². The number of carbonyl (C=O) groups excluding carboxylic acids is 2. The van der Waals surface area contributed by atoms with E-state index in [2.05, 4.69) is 5.32 Å². The number of amides is 2. The van der Waals surface area contributed by atoms with Gasteiger partial charge in [-0.05, 0) is 31.0 Å². The number of likely N-dealkylation sites (N-methyl/N-ethyl adjacent to an activating group) is 2. The fourth-order valence-electron chi connectivity index (χ4n) is 2.44. The predicted molar refractivity (Wildman–Crippen MR) is 80.3 cm³/mol. The van der Waals surface area contributed by atoms with Gasteiger partial charge in [0.25, 0.3) is 0 Å². The number of nitrogens with one attached hydrogen (secondary N) is 1. The van der Waals surface area contributed by atoms with Crippen LogP contribution < -0.4 is 10.1 Å². The van der Waals surface area contributed by atoms with Gasteiger partial charge < -0.3 is 15.0 Å². The Kier molecular flexibility index (Phi) is 5.20. The van der Waals surface area contributed by atoms with Gasteiger partial charge in [0.15, 0.2) is 0 Å². The van der Waals surface area contributed by atoms with Crippen molar-refractivity contribution in [2.45, 2.75) is 26.7 Å². The zero-order chi connectivity index (χ0) is 15.2. The third-order valence-corrected chi connectivity index (χ3v) is 3.55. The zero-order valence-electron chi connectivity index (χ0n) is 12.6. The van der Waals surface area contributed by atoms with Crippen molar-refractivity contribution in [1.29, 1.82) is 0 Å². The predicted octanol–water partition coefficient (Wildman–Crippen LogP) is 1.15. The maximum absolute atomic E-state index is 12.3. The third-order valence-electron chi connectivity index (χ3n) is 3.55. The molecule has 0 aliphatic carbocycles. The number of rotatable bonds is 6. The number of nitrogens with zero attached hydrogens (tertiary/aromatic N) is 1. The molecule has 1 N–H and O–H groups in total. The van der Waals surface area contributed by atoms with E-state index in [0.717, 1.165) is 23.3 Å². The highest BCUT2D eigenvalue weighted by atomic mass is 16.5. The van der Waals surface area contributed by atoms with Crippen molar-refractivity contribution in [1.82, 2.24) is 10.2 Å². The van der Waals surface area contributed by atoms with Crippen LogP contribution in [-0.2, 0) is 22.4 Å². The summed E-state index contributed by atoms with van der Waals surface area (Å²) in [4.78, 5) is 25.5. The summed E-state index contributed by atoms with van der Waals surface area (Å²) in [7, 11) is 0. The molecule has 1 heterocycles. The Morgan fingerprint density at radius 3 is 2.86 bits per heavy atom. The Morgan fingerprint density at radius 2 is 2.14 bits per heavy atom. The molecule has 21 heavy (non-hydrogen) atoms. The Hall–Kier alpha value is -2.04. The maximum Gasteiger partial charge on any atom is 0.239 e. The van der Waals surface area contributed by atoms with Gasteiger partial charge in [0.2, 0.25) is 11.8 Å². The molecular formula is C16H22N2O3. The summed E-state index contributed by atoms with van der Waals surface area (Å²) in [6.45, 7) is 5.69. The summed E-state index contributed by atoms with van der Waals surface area (Å²) in [6, 6.07) is 5.87. The molecule has 2 rings (SSSR count). The van der Waals surface area contributed by atoms with E-state index in [1.54, 1.807) is 4.90 Å². The molecular weight excluding hydrogens is 268 g/mol. The lowest BCUT2D eigenvalue weighted by atomic mass is 10.1. The lowest BCUT2D eigenvalue weighted by Crippen LogP contribution is -2.41. The number of hydrogen-bond acceptors (Lipinski definition) is 3. The first kappa shape index (κ1) is 15.4. The number of fused-ring (bicyclic) bond motifs is 1. The summed E-state index contributed by atoms with van der Waals surface area (Å²) in [6.07, 6.45) is 1.22. The topological polar surface area (TPSA) is 58.6 Å². The Bertz CT molecular complexity index is 528. The number of ether oxygens (including phenoxy) is 1. The molecule has 1 aromatic rings. The molecule has 1 aliphatic heterocycles. The molecule has 1 aliphatic rings. The average Bonchev–Trinajstić information content (AvgIpc) is 2.92. The van der Waals surface area contributed by atoms with E-state index in [-0.39, 0.29) is 18.4 Å². The molecule has 0 saturated heterocycles. The summed E-state index contributed by atoms with van der Waals surface area (Å²) >= 11 is 0. The normalized spacial score (nSPS) is 12.5. The van der Waals surface area contributed by atoms with Gasteiger partial charge in [0, 0.05) is 19.5 Å². The number of carbonyl (C=O) groups is 2. The molecule has 0 fully saturated rings. The fraction of sp³-hybridized carbons (Fsp3) is 0.500. The Morgan fingerprint density at radius 1 is 1.33 bits per heavy atom. The minimum absolute atomic E-state index is 0.0254. The van der Waals surface area contributed by atoms with Crippen LogP contribution in [-0.4, -0.2) is 43.0 Å². The summed E-state index contributed by atoms with van der Waals surface area (Å²) < 4.78 is 5.46. The van der Waals surface area contributed by atoms with Gasteiger partial charge in [-0.25, -0.2) is 0 Å². The highest BCUT2D eigenvalue weighted by molar-refractivity contribution is 5.85. The SMILES string of the molecule is CCNC(=O)CN(CC)C(=O)Cc1ccc2c(c1)CCO2. The summed E-state index contributed by atoms with van der Waals surface area (Å²) in [5.41, 5.74) is 2.13. The minimum atomic E-state index is -0.116. The van der Waals surface area contributed by atoms with Gasteiger partial charge >= 0.3 is 0 Å². The van der Waals surface area contributed by atoms with Crippen LogP contribution in [0.5, 0.6) is 5.75 Å². The molecule has 114 valence electrons. The standard InChI is InChI=1S/C16H22N2O3/c1-3-17-15(19)11-18(4-2)16(20)10-12-5-6-14-13(9-12)7-8-21-14/h5-6,9H,3-4,7-8,10-11H2,1-2H3,(H,17,19). The van der Waals surface area contributed by atoms with Crippen molar-refractivity contribution in [2.24, 2.45) is 0 Å². The smallest absolute Gasteiger partial charge is 0.239 e. The Balaban J connectivity index is 1.97. The maximum atomic E-state index is 12.3. The van der Waals surface area contributed by atoms with Gasteiger partial charge in [-0.15, -0.1) is 0 Å². The van der Waals surface area contributed by atoms with Gasteiger partial charge in [0.1, 0.15) is 5.75 Å². The lowest BCUT2D eigenvalue weighted by molar-refractivity contribution is -0.135. The van der Waals surface area contributed by atoms with E-state index in [1.807, 2.05) is 32.0 Å². The molecule has 0 aromatic heterocycles. The van der Waals surface area contributed by atoms with Gasteiger partial charge in [-0.3, -0.25) is 9.59 Å². The Labute approximate surface area is 125 Å². The van der Waals surface area contributed by atoms with Crippen LogP contribution in [0.3, 0.4) is 0 Å². The van der Waals surface area contributed by atoms with Crippen molar-refractivity contribution >= 4 is 11.8 Å². The lowest BCUT2D eigenvalue weighted by Gasteiger charge is -2.20. The van der Waals surface area contributed by atoms with Gasteiger partial charge in [-0.2, -0.15) is 0 Å². The third kappa shape index (κ3) is 3.97. The van der Waals surface area contributed by atoms with Crippen LogP contribution in [0.15, 0.2) is 18.2 Å². The molecule has 5 heteroatoms. The van der Waals surface area contributed by atoms with Crippen LogP contribution in [0.4, 0.5) is 0 Å². The first-order valence-corrected chi connectivity index (χ1v) is 7.43. The summed E-state index contributed by atoms with van der Waals surface area (Å²) in [5, 5.41) is 2.71. The molecule has 1 aromatic carbocycles. The van der Waals surface area contributed by atoms with Crippen LogP contribution in [0.1, 0.15) is 25.0 Å². The molecule has 5 nitrogen and oxygen atoms in total. The molecule has 0 spiro atoms. The van der Waals surface area contributed by atoms with Crippen molar-refractivity contribution in [2.75, 3.05) is 26.2 Å². The van der Waals surface area contributed by atoms with Crippen molar-refractivity contribution < 1.29 is 14.3 Å². The highest BCUT2D eigenvalue weighted by Gasteiger charge is 2.17. The zero-order valence-corrected chi connectivity index (χ0v) is 12.6. The van der Waals surface area contributed by atoms with Crippen LogP contribution in [0.25, 0.3) is 0 Å². The van der Waals surface area contributed by atoms with Crippen molar-refractivity contribution in [3.63, 3.8) is 0 Å². The quantitative estimate of drug-likeness (QED) is 0.855. The van der Waals surface area contributed by atoms with Gasteiger partial charge in [-0.1, -0.05) is 12.1 Å². The van der Waals surface area contributed by atoms with E-state index in [1.165, 1.54) is 0 Å². The van der Waals surface area contributed by atoms with Crippen molar-refractivity contribution in [3.8, 4) is 5.75 Å². The molecule has 0 radical (unpaired) electrons. The van der Waals surface area contributed by atoms with Crippen molar-refractivity contribution in [3.05, 3.63) is 29.3 Å². The second kappa shape index (κ2) is 7.11. The minimum Gasteiger partial charge on any atom is -0.493 e. The second-order valence-corrected chi connectivity index (χ2v) is 5.08. The largest absolute Gasteiger partial charge is 0.493 e. The monoisotopic (exact) mass is 290 g/mol. The van der Waals surface area contributed by atoms with Crippen LogP contribution in [0.2, 0.25) is 0 Å². The van der Waals surface area contributed by atoms with Crippen LogP contribution >= 0.6 is 0 Å². The molecule has 2 amide bonds. The fourth-order valence-corrected chi connectivity index (χ4v) is 2.44. The first-order valence-electron chi connectivity index (χ1n) is 7.43. The number of hydrogen-bond donors (Lipinski definition) is 1.